The summed E-state index contributed by atoms with van der Waals surface area (Å²) in [7, 11) is 0. The molecule has 0 atom stereocenters. The first kappa shape index (κ1) is 25.5. The number of nitrogens with zero attached hydrogens (tertiary/aromatic N) is 6. The lowest BCUT2D eigenvalue weighted by Crippen LogP contribution is -2.71. The van der Waals surface area contributed by atoms with Gasteiger partial charge < -0.3 is 25.9 Å². The summed E-state index contributed by atoms with van der Waals surface area (Å²) < 4.78 is 0. The van der Waals surface area contributed by atoms with E-state index in [1.807, 2.05) is 0 Å². The van der Waals surface area contributed by atoms with Crippen LogP contribution >= 0.6 is 0 Å². The van der Waals surface area contributed by atoms with Gasteiger partial charge in [-0.2, -0.15) is 0 Å². The minimum atomic E-state index is -0.654. The number of aromatic hydroxyl groups is 4. The van der Waals surface area contributed by atoms with Crippen molar-refractivity contribution < 1.29 is 35.7 Å². The van der Waals surface area contributed by atoms with E-state index < -0.39 is 21.3 Å². The van der Waals surface area contributed by atoms with Crippen LogP contribution in [-0.4, -0.2) is 95.4 Å². The third-order valence-electron chi connectivity index (χ3n) is 4.74. The Balaban J connectivity index is 0.000000172. The van der Waals surface area contributed by atoms with Crippen molar-refractivity contribution in [1.82, 2.24) is 19.6 Å². The quantitative estimate of drug-likeness (QED) is 0.264. The topological polar surface area (TPSA) is 212 Å². The van der Waals surface area contributed by atoms with Crippen molar-refractivity contribution in [2.75, 3.05) is 40.0 Å². The predicted octanol–water partition coefficient (Wildman–Crippen LogP) is 0.168. The van der Waals surface area contributed by atoms with Gasteiger partial charge in [-0.1, -0.05) is 0 Å². The van der Waals surface area contributed by atoms with Crippen LogP contribution in [0.25, 0.3) is 0 Å². The number of rotatable bonds is 2. The molecule has 180 valence electrons. The standard InChI is InChI=1S/C6H12N4.2C6H5NO4.H2O/c1-7-2-9-4-8(1)5-10(3-7)6-9;2*8-5-2-1-4(7(10)11)3-6(5)9;/h1-6H2;2*1-3,8-9H;1H2. The Hall–Kier alpha value is -3.76. The van der Waals surface area contributed by atoms with Crippen LogP contribution in [0.5, 0.6) is 23.0 Å². The summed E-state index contributed by atoms with van der Waals surface area (Å²) in [6, 6.07) is 6.11. The molecule has 6 rings (SSSR count). The summed E-state index contributed by atoms with van der Waals surface area (Å²) >= 11 is 0. The molecule has 4 bridgehead atoms. The average molecular weight is 468 g/mol. The maximum atomic E-state index is 10.1. The Kier molecular flexibility index (Phi) is 8.27. The summed E-state index contributed by atoms with van der Waals surface area (Å²) in [4.78, 5) is 28.7. The van der Waals surface area contributed by atoms with Gasteiger partial charge in [0.05, 0.1) is 62.0 Å². The smallest absolute Gasteiger partial charge is 0.273 e. The monoisotopic (exact) mass is 468 g/mol. The van der Waals surface area contributed by atoms with E-state index >= 15 is 0 Å². The second-order valence-corrected chi connectivity index (χ2v) is 7.39. The maximum absolute atomic E-state index is 10.1. The molecule has 2 aromatic carbocycles. The second-order valence-electron chi connectivity index (χ2n) is 7.39. The molecule has 33 heavy (non-hydrogen) atoms. The van der Waals surface area contributed by atoms with Crippen molar-refractivity contribution in [3.05, 3.63) is 56.6 Å². The van der Waals surface area contributed by atoms with Crippen molar-refractivity contribution in [3.8, 4) is 23.0 Å². The maximum Gasteiger partial charge on any atom is 0.273 e. The third-order valence-corrected chi connectivity index (χ3v) is 4.74. The summed E-state index contributed by atoms with van der Waals surface area (Å²) in [5.74, 6) is -1.70. The van der Waals surface area contributed by atoms with E-state index in [9.17, 15) is 20.2 Å². The molecule has 0 radical (unpaired) electrons. The van der Waals surface area contributed by atoms with Gasteiger partial charge in [0.1, 0.15) is 0 Å². The number of phenolic OH excluding ortho intramolecular Hbond substituents is 4. The van der Waals surface area contributed by atoms with Gasteiger partial charge in [0.15, 0.2) is 23.0 Å². The highest BCUT2D eigenvalue weighted by atomic mass is 16.6. The summed E-state index contributed by atoms with van der Waals surface area (Å²) in [5.41, 5.74) is -0.499. The molecule has 4 fully saturated rings. The molecule has 4 aliphatic rings. The summed E-state index contributed by atoms with van der Waals surface area (Å²) in [6.07, 6.45) is 0. The molecule has 0 aliphatic carbocycles. The van der Waals surface area contributed by atoms with Crippen LogP contribution in [0.4, 0.5) is 11.4 Å². The second kappa shape index (κ2) is 10.7. The van der Waals surface area contributed by atoms with Gasteiger partial charge in [-0.3, -0.25) is 39.8 Å². The zero-order valence-corrected chi connectivity index (χ0v) is 17.3. The molecule has 6 N–H and O–H groups in total. The molecule has 4 saturated heterocycles. The molecule has 0 aromatic heterocycles. The molecule has 0 spiro atoms. The van der Waals surface area contributed by atoms with E-state index in [-0.39, 0.29) is 28.3 Å². The minimum Gasteiger partial charge on any atom is -0.504 e. The first-order chi connectivity index (χ1) is 15.1. The van der Waals surface area contributed by atoms with Crippen molar-refractivity contribution in [3.63, 3.8) is 0 Å². The Morgan fingerprint density at radius 1 is 0.576 bits per heavy atom. The number of hydrogen-bond donors (Lipinski definition) is 4. The lowest BCUT2D eigenvalue weighted by molar-refractivity contribution is -0.385. The highest BCUT2D eigenvalue weighted by Gasteiger charge is 2.36. The predicted molar refractivity (Wildman–Crippen MR) is 113 cm³/mol. The molecule has 0 amide bonds. The summed E-state index contributed by atoms with van der Waals surface area (Å²) in [6.45, 7) is 7.12. The first-order valence-electron chi connectivity index (χ1n) is 9.34. The number of benzene rings is 2. The van der Waals surface area contributed by atoms with Crippen LogP contribution in [0, 0.1) is 20.2 Å². The van der Waals surface area contributed by atoms with Gasteiger partial charge in [-0.25, -0.2) is 0 Å². The number of phenols is 4. The van der Waals surface area contributed by atoms with Crippen LogP contribution in [0.2, 0.25) is 0 Å². The van der Waals surface area contributed by atoms with Crippen LogP contribution in [-0.2, 0) is 0 Å². The van der Waals surface area contributed by atoms with Crippen LogP contribution in [0.3, 0.4) is 0 Å². The van der Waals surface area contributed by atoms with Gasteiger partial charge in [0.2, 0.25) is 0 Å². The number of hydrogen-bond acceptors (Lipinski definition) is 12. The molecule has 0 unspecified atom stereocenters. The van der Waals surface area contributed by atoms with E-state index in [4.69, 9.17) is 20.4 Å². The Morgan fingerprint density at radius 3 is 1.06 bits per heavy atom. The summed E-state index contributed by atoms with van der Waals surface area (Å²) in [5, 5.41) is 55.2. The SMILES string of the molecule is C1N2CN3CN1CN(C2)C3.O.O=[N+]([O-])c1ccc(O)c(O)c1.O=[N+]([O-])c1ccc(O)c(O)c1. The van der Waals surface area contributed by atoms with E-state index in [1.165, 1.54) is 40.0 Å². The molecule has 4 heterocycles. The van der Waals surface area contributed by atoms with Gasteiger partial charge in [-0.15, -0.1) is 0 Å². The Morgan fingerprint density at radius 2 is 0.848 bits per heavy atom. The van der Waals surface area contributed by atoms with E-state index in [1.54, 1.807) is 0 Å². The van der Waals surface area contributed by atoms with Crippen molar-refractivity contribution >= 4 is 11.4 Å². The normalized spacial score (nSPS) is 23.8. The van der Waals surface area contributed by atoms with Crippen molar-refractivity contribution in [1.29, 1.82) is 0 Å². The average Bonchev–Trinajstić information content (AvgIpc) is 2.72. The number of non-ortho nitro benzene ring substituents is 2. The molecular formula is C18H24N6O9. The van der Waals surface area contributed by atoms with Gasteiger partial charge in [-0.05, 0) is 12.1 Å². The van der Waals surface area contributed by atoms with Crippen molar-refractivity contribution in [2.24, 2.45) is 0 Å². The Bertz CT molecular complexity index is 887. The van der Waals surface area contributed by atoms with Gasteiger partial charge in [0, 0.05) is 12.1 Å². The lowest BCUT2D eigenvalue weighted by atomic mass is 10.3. The molecule has 15 heteroatoms. The van der Waals surface area contributed by atoms with Gasteiger partial charge >= 0.3 is 0 Å². The first-order valence-corrected chi connectivity index (χ1v) is 9.34. The van der Waals surface area contributed by atoms with E-state index in [2.05, 4.69) is 19.6 Å². The molecule has 0 saturated carbocycles. The highest BCUT2D eigenvalue weighted by Crippen LogP contribution is 2.29. The molecule has 4 aliphatic heterocycles. The van der Waals surface area contributed by atoms with Crippen LogP contribution in [0.1, 0.15) is 0 Å². The van der Waals surface area contributed by atoms with Crippen molar-refractivity contribution in [2.45, 2.75) is 0 Å². The number of nitro benzene ring substituents is 2. The largest absolute Gasteiger partial charge is 0.504 e. The van der Waals surface area contributed by atoms with Gasteiger partial charge in [0.25, 0.3) is 11.4 Å². The van der Waals surface area contributed by atoms with Crippen LogP contribution < -0.4 is 0 Å². The fourth-order valence-corrected chi connectivity index (χ4v) is 3.48. The highest BCUT2D eigenvalue weighted by molar-refractivity contribution is 5.47. The Labute approximate surface area is 187 Å². The zero-order chi connectivity index (χ0) is 23.4. The fourth-order valence-electron chi connectivity index (χ4n) is 3.48. The number of nitro groups is 2. The minimum absolute atomic E-state index is 0. The molecule has 2 aromatic rings. The third kappa shape index (κ3) is 6.61. The van der Waals surface area contributed by atoms with E-state index in [0.717, 1.165) is 36.4 Å². The fraction of sp³-hybridized carbons (Fsp3) is 0.333. The lowest BCUT2D eigenvalue weighted by Gasteiger charge is -2.56. The van der Waals surface area contributed by atoms with Crippen LogP contribution in [0.15, 0.2) is 36.4 Å². The molecular weight excluding hydrogens is 444 g/mol. The molecule has 15 nitrogen and oxygen atoms in total. The van der Waals surface area contributed by atoms with E-state index in [0.29, 0.717) is 0 Å². The zero-order valence-electron chi connectivity index (χ0n) is 17.3.